The molecule has 2 atom stereocenters. The van der Waals surface area contributed by atoms with Crippen LogP contribution in [0.25, 0.3) is 0 Å². The lowest BCUT2D eigenvalue weighted by Gasteiger charge is -2.28. The summed E-state index contributed by atoms with van der Waals surface area (Å²) < 4.78 is 26.8. The molecule has 0 aromatic carbocycles. The summed E-state index contributed by atoms with van der Waals surface area (Å²) in [5.74, 6) is 0. The van der Waals surface area contributed by atoms with Gasteiger partial charge in [0.2, 0.25) is 10.0 Å². The van der Waals surface area contributed by atoms with Gasteiger partial charge in [-0.25, -0.2) is 18.1 Å². The van der Waals surface area contributed by atoms with Crippen molar-refractivity contribution in [2.24, 2.45) is 0 Å². The third-order valence-electron chi connectivity index (χ3n) is 3.65. The van der Waals surface area contributed by atoms with Crippen LogP contribution in [0.15, 0.2) is 0 Å². The predicted octanol–water partition coefficient (Wildman–Crippen LogP) is 1.16. The van der Waals surface area contributed by atoms with Gasteiger partial charge in [-0.3, -0.25) is 4.84 Å². The molecule has 20 heavy (non-hydrogen) atoms. The van der Waals surface area contributed by atoms with Crippen LogP contribution >= 0.6 is 0 Å². The number of sulfonamides is 1. The molecule has 0 aromatic rings. The summed E-state index contributed by atoms with van der Waals surface area (Å²) in [6.45, 7) is 8.67. The van der Waals surface area contributed by atoms with Gasteiger partial charge in [0.15, 0.2) is 0 Å². The van der Waals surface area contributed by atoms with E-state index in [1.807, 2.05) is 25.8 Å². The van der Waals surface area contributed by atoms with Crippen LogP contribution in [-0.2, 0) is 14.9 Å². The summed E-state index contributed by atoms with van der Waals surface area (Å²) in [6.07, 6.45) is 3.38. The fourth-order valence-electron chi connectivity index (χ4n) is 2.40. The number of hydrogen-bond acceptors (Lipinski definition) is 5. The fraction of sp³-hybridized carbons (Fsp3) is 1.00. The Balaban J connectivity index is 1.88. The molecule has 1 aliphatic heterocycles. The van der Waals surface area contributed by atoms with Crippen LogP contribution < -0.4 is 10.3 Å². The lowest BCUT2D eigenvalue weighted by Crippen LogP contribution is -2.46. The predicted molar refractivity (Wildman–Crippen MR) is 78.2 cm³/mol. The van der Waals surface area contributed by atoms with Crippen LogP contribution in [0.3, 0.4) is 0 Å². The Morgan fingerprint density at radius 1 is 1.30 bits per heavy atom. The first-order valence-electron chi connectivity index (χ1n) is 7.42. The maximum atomic E-state index is 12.0. The molecule has 2 aliphatic rings. The highest BCUT2D eigenvalue weighted by molar-refractivity contribution is 7.90. The minimum absolute atomic E-state index is 0.0263. The second-order valence-electron chi connectivity index (χ2n) is 6.81. The maximum absolute atomic E-state index is 12.0. The number of hydrogen-bond donors (Lipinski definition) is 2. The molecule has 0 amide bonds. The minimum Gasteiger partial charge on any atom is -0.281 e. The molecule has 6 nitrogen and oxygen atoms in total. The van der Waals surface area contributed by atoms with Crippen LogP contribution in [0, 0.1) is 0 Å². The van der Waals surface area contributed by atoms with Gasteiger partial charge in [-0.15, -0.1) is 5.59 Å². The Morgan fingerprint density at radius 2 is 1.95 bits per heavy atom. The van der Waals surface area contributed by atoms with E-state index in [1.54, 1.807) is 0 Å². The summed E-state index contributed by atoms with van der Waals surface area (Å²) in [6, 6.07) is 0.269. The fourth-order valence-corrected chi connectivity index (χ4v) is 3.99. The van der Waals surface area contributed by atoms with Crippen LogP contribution in [0.2, 0.25) is 0 Å². The average Bonchev–Trinajstić information content (AvgIpc) is 3.09. The van der Waals surface area contributed by atoms with Gasteiger partial charge in [-0.1, -0.05) is 6.92 Å². The van der Waals surface area contributed by atoms with Crippen LogP contribution in [-0.4, -0.2) is 42.9 Å². The van der Waals surface area contributed by atoms with E-state index in [4.69, 9.17) is 4.84 Å². The number of nitrogens with zero attached hydrogens (tertiary/aromatic N) is 1. The van der Waals surface area contributed by atoms with Crippen molar-refractivity contribution < 1.29 is 13.3 Å². The van der Waals surface area contributed by atoms with Gasteiger partial charge in [0, 0.05) is 18.6 Å². The Hall–Kier alpha value is -0.210. The van der Waals surface area contributed by atoms with E-state index < -0.39 is 10.0 Å². The SMILES string of the molecule is CCC1CC(NS(=O)(=O)C2CC2)CN1NOC(C)(C)C. The molecule has 1 saturated carbocycles. The summed E-state index contributed by atoms with van der Waals surface area (Å²) >= 11 is 0. The van der Waals surface area contributed by atoms with E-state index in [1.165, 1.54) is 0 Å². The Kier molecular flexibility index (Phi) is 4.76. The normalized spacial score (nSPS) is 29.0. The van der Waals surface area contributed by atoms with Crippen molar-refractivity contribution in [3.05, 3.63) is 0 Å². The maximum Gasteiger partial charge on any atom is 0.214 e. The molecule has 2 fully saturated rings. The van der Waals surface area contributed by atoms with E-state index in [-0.39, 0.29) is 16.9 Å². The molecule has 7 heteroatoms. The van der Waals surface area contributed by atoms with Crippen LogP contribution in [0.5, 0.6) is 0 Å². The topological polar surface area (TPSA) is 70.7 Å². The molecular weight excluding hydrogens is 278 g/mol. The van der Waals surface area contributed by atoms with Crippen molar-refractivity contribution in [2.75, 3.05) is 6.54 Å². The summed E-state index contributed by atoms with van der Waals surface area (Å²) in [4.78, 5) is 5.58. The molecule has 1 saturated heterocycles. The van der Waals surface area contributed by atoms with Gasteiger partial charge < -0.3 is 0 Å². The Labute approximate surface area is 122 Å². The number of nitrogens with one attached hydrogen (secondary N) is 2. The molecule has 0 spiro atoms. The highest BCUT2D eigenvalue weighted by Crippen LogP contribution is 2.29. The van der Waals surface area contributed by atoms with E-state index in [9.17, 15) is 8.42 Å². The van der Waals surface area contributed by atoms with E-state index in [2.05, 4.69) is 17.2 Å². The average molecular weight is 305 g/mol. The quantitative estimate of drug-likeness (QED) is 0.721. The zero-order valence-electron chi connectivity index (χ0n) is 12.8. The van der Waals surface area contributed by atoms with Gasteiger partial charge in [-0.05, 0) is 46.5 Å². The molecule has 2 unspecified atom stereocenters. The van der Waals surface area contributed by atoms with Crippen molar-refractivity contribution in [3.8, 4) is 0 Å². The van der Waals surface area contributed by atoms with Crippen molar-refractivity contribution in [1.29, 1.82) is 0 Å². The Morgan fingerprint density at radius 3 is 2.45 bits per heavy atom. The number of rotatable bonds is 6. The van der Waals surface area contributed by atoms with Crippen LogP contribution in [0.4, 0.5) is 0 Å². The standard InChI is InChI=1S/C13H27N3O3S/c1-5-11-8-10(14-20(17,18)12-6-7-12)9-16(11)15-19-13(2,3)4/h10-12,14-15H,5-9H2,1-4H3. The van der Waals surface area contributed by atoms with Crippen LogP contribution in [0.1, 0.15) is 53.4 Å². The molecule has 0 bridgehead atoms. The first-order valence-corrected chi connectivity index (χ1v) is 8.97. The minimum atomic E-state index is -3.11. The molecule has 0 aromatic heterocycles. The highest BCUT2D eigenvalue weighted by Gasteiger charge is 2.40. The monoisotopic (exact) mass is 305 g/mol. The first-order chi connectivity index (χ1) is 9.21. The first kappa shape index (κ1) is 16.2. The zero-order chi connectivity index (χ0) is 15.0. The van der Waals surface area contributed by atoms with Gasteiger partial charge in [-0.2, -0.15) is 0 Å². The molecule has 1 aliphatic carbocycles. The molecular formula is C13H27N3O3S. The largest absolute Gasteiger partial charge is 0.281 e. The van der Waals surface area contributed by atoms with Crippen molar-refractivity contribution in [1.82, 2.24) is 15.3 Å². The highest BCUT2D eigenvalue weighted by atomic mass is 32.2. The summed E-state index contributed by atoms with van der Waals surface area (Å²) in [5, 5.41) is 1.85. The third kappa shape index (κ3) is 4.39. The lowest BCUT2D eigenvalue weighted by atomic mass is 10.1. The lowest BCUT2D eigenvalue weighted by molar-refractivity contribution is -0.160. The second kappa shape index (κ2) is 5.88. The molecule has 2 rings (SSSR count). The Bertz CT molecular complexity index is 429. The second-order valence-corrected chi connectivity index (χ2v) is 8.81. The molecule has 118 valence electrons. The van der Waals surface area contributed by atoms with Gasteiger partial charge in [0.25, 0.3) is 0 Å². The summed E-state index contributed by atoms with van der Waals surface area (Å²) in [7, 11) is -3.11. The molecule has 1 heterocycles. The third-order valence-corrected chi connectivity index (χ3v) is 5.66. The molecule has 2 N–H and O–H groups in total. The van der Waals surface area contributed by atoms with Gasteiger partial charge >= 0.3 is 0 Å². The smallest absolute Gasteiger partial charge is 0.214 e. The molecule has 0 radical (unpaired) electrons. The van der Waals surface area contributed by atoms with Gasteiger partial charge in [0.05, 0.1) is 10.9 Å². The van der Waals surface area contributed by atoms with E-state index >= 15 is 0 Å². The number of hydrazine groups is 1. The van der Waals surface area contributed by atoms with E-state index in [0.717, 1.165) is 25.7 Å². The zero-order valence-corrected chi connectivity index (χ0v) is 13.7. The van der Waals surface area contributed by atoms with Crippen molar-refractivity contribution in [3.63, 3.8) is 0 Å². The van der Waals surface area contributed by atoms with Crippen molar-refractivity contribution in [2.45, 2.75) is 76.3 Å². The van der Waals surface area contributed by atoms with Gasteiger partial charge in [0.1, 0.15) is 0 Å². The van der Waals surface area contributed by atoms with E-state index in [0.29, 0.717) is 12.6 Å². The van der Waals surface area contributed by atoms with Crippen molar-refractivity contribution >= 4 is 10.0 Å². The summed E-state index contributed by atoms with van der Waals surface area (Å²) in [5.41, 5.74) is 2.71.